The smallest absolute Gasteiger partial charge is 0.409 e. The van der Waals surface area contributed by atoms with Crippen molar-refractivity contribution in [3.63, 3.8) is 0 Å². The molecule has 1 amide bonds. The van der Waals surface area contributed by atoms with E-state index in [0.717, 1.165) is 30.0 Å². The maximum atomic E-state index is 11.7. The molecule has 2 rings (SSSR count). The average Bonchev–Trinajstić information content (AvgIpc) is 2.54. The van der Waals surface area contributed by atoms with Crippen molar-refractivity contribution in [3.8, 4) is 5.75 Å². The summed E-state index contributed by atoms with van der Waals surface area (Å²) in [5, 5.41) is 10.3. The molecular formula is C19H30N2O4. The number of nitrogens with zero attached hydrogens (tertiary/aromatic N) is 2. The van der Waals surface area contributed by atoms with Gasteiger partial charge in [-0.05, 0) is 38.8 Å². The molecule has 1 fully saturated rings. The van der Waals surface area contributed by atoms with Crippen LogP contribution >= 0.6 is 0 Å². The molecule has 0 bridgehead atoms. The quantitative estimate of drug-likeness (QED) is 0.852. The molecule has 6 nitrogen and oxygen atoms in total. The van der Waals surface area contributed by atoms with Gasteiger partial charge in [-0.1, -0.05) is 17.7 Å². The maximum Gasteiger partial charge on any atom is 0.409 e. The fourth-order valence-corrected chi connectivity index (χ4v) is 3.25. The summed E-state index contributed by atoms with van der Waals surface area (Å²) in [7, 11) is 0. The Kier molecular flexibility index (Phi) is 7.08. The van der Waals surface area contributed by atoms with E-state index >= 15 is 0 Å². The van der Waals surface area contributed by atoms with Crippen LogP contribution in [0.4, 0.5) is 4.79 Å². The number of amides is 1. The first-order chi connectivity index (χ1) is 11.9. The van der Waals surface area contributed by atoms with Gasteiger partial charge in [-0.25, -0.2) is 4.79 Å². The van der Waals surface area contributed by atoms with Crippen molar-refractivity contribution in [1.29, 1.82) is 0 Å². The molecule has 0 aromatic heterocycles. The Morgan fingerprint density at radius 1 is 1.16 bits per heavy atom. The van der Waals surface area contributed by atoms with Gasteiger partial charge in [-0.2, -0.15) is 0 Å². The number of carbonyl (C=O) groups excluding carboxylic acids is 1. The minimum absolute atomic E-state index is 0.253. The van der Waals surface area contributed by atoms with E-state index < -0.39 is 6.10 Å². The van der Waals surface area contributed by atoms with E-state index in [1.165, 1.54) is 5.56 Å². The Morgan fingerprint density at radius 3 is 2.32 bits per heavy atom. The predicted molar refractivity (Wildman–Crippen MR) is 97.2 cm³/mol. The molecule has 0 spiro atoms. The number of ether oxygens (including phenoxy) is 2. The topological polar surface area (TPSA) is 62.2 Å². The molecular weight excluding hydrogens is 320 g/mol. The Balaban J connectivity index is 1.76. The standard InChI is InChI=1S/C19H30N2O4/c1-5-24-19(23)21-8-6-20(7-9-21)12-17(22)13-25-18-15(3)10-14(2)11-16(18)4/h10-11,17,22H,5-9,12-13H2,1-4H3/t17-/m1/s1. The number of aryl methyl sites for hydroxylation is 3. The lowest BCUT2D eigenvalue weighted by Gasteiger charge is -2.34. The molecule has 140 valence electrons. The molecule has 6 heteroatoms. The van der Waals surface area contributed by atoms with Crippen LogP contribution < -0.4 is 4.74 Å². The molecule has 1 heterocycles. The number of carbonyl (C=O) groups is 1. The first-order valence-electron chi connectivity index (χ1n) is 8.93. The van der Waals surface area contributed by atoms with Crippen LogP contribution in [0, 0.1) is 20.8 Å². The lowest BCUT2D eigenvalue weighted by molar-refractivity contribution is 0.0405. The Hall–Kier alpha value is -1.79. The summed E-state index contributed by atoms with van der Waals surface area (Å²) < 4.78 is 10.9. The number of piperazine rings is 1. The average molecular weight is 350 g/mol. The summed E-state index contributed by atoms with van der Waals surface area (Å²) in [6, 6.07) is 4.17. The molecule has 1 aromatic rings. The Bertz CT molecular complexity index is 560. The number of aliphatic hydroxyl groups is 1. The van der Waals surface area contributed by atoms with Crippen LogP contribution in [0.15, 0.2) is 12.1 Å². The second kappa shape index (κ2) is 9.06. The summed E-state index contributed by atoms with van der Waals surface area (Å²) in [4.78, 5) is 15.6. The third kappa shape index (κ3) is 5.61. The third-order valence-electron chi connectivity index (χ3n) is 4.39. The highest BCUT2D eigenvalue weighted by Gasteiger charge is 2.23. The molecule has 1 aliphatic heterocycles. The van der Waals surface area contributed by atoms with Gasteiger partial charge in [0.05, 0.1) is 6.61 Å². The SMILES string of the molecule is CCOC(=O)N1CCN(C[C@@H](O)COc2c(C)cc(C)cc2C)CC1. The van der Waals surface area contributed by atoms with Gasteiger partial charge >= 0.3 is 6.09 Å². The van der Waals surface area contributed by atoms with Crippen molar-refractivity contribution in [2.45, 2.75) is 33.8 Å². The first-order valence-corrected chi connectivity index (χ1v) is 8.93. The number of rotatable bonds is 6. The number of aliphatic hydroxyl groups excluding tert-OH is 1. The highest BCUT2D eigenvalue weighted by Crippen LogP contribution is 2.24. The number of hydrogen-bond donors (Lipinski definition) is 1. The van der Waals surface area contributed by atoms with Crippen molar-refractivity contribution in [2.24, 2.45) is 0 Å². The van der Waals surface area contributed by atoms with Crippen LogP contribution in [0.5, 0.6) is 5.75 Å². The zero-order chi connectivity index (χ0) is 18.4. The van der Waals surface area contributed by atoms with Crippen LogP contribution in [0.2, 0.25) is 0 Å². The lowest BCUT2D eigenvalue weighted by atomic mass is 10.1. The van der Waals surface area contributed by atoms with Gasteiger partial charge in [-0.15, -0.1) is 0 Å². The largest absolute Gasteiger partial charge is 0.490 e. The second-order valence-electron chi connectivity index (χ2n) is 6.68. The molecule has 1 aliphatic rings. The normalized spacial score (nSPS) is 16.6. The summed E-state index contributed by atoms with van der Waals surface area (Å²) >= 11 is 0. The van der Waals surface area contributed by atoms with Crippen molar-refractivity contribution in [3.05, 3.63) is 28.8 Å². The highest BCUT2D eigenvalue weighted by molar-refractivity contribution is 5.67. The van der Waals surface area contributed by atoms with Gasteiger partial charge in [0.1, 0.15) is 18.5 Å². The van der Waals surface area contributed by atoms with Gasteiger partial charge in [0, 0.05) is 32.7 Å². The molecule has 0 radical (unpaired) electrons. The summed E-state index contributed by atoms with van der Waals surface area (Å²) in [5.74, 6) is 0.858. The maximum absolute atomic E-state index is 11.7. The van der Waals surface area contributed by atoms with Crippen LogP contribution in [-0.4, -0.2) is 73.0 Å². The van der Waals surface area contributed by atoms with E-state index in [1.807, 2.05) is 20.8 Å². The van der Waals surface area contributed by atoms with E-state index in [1.54, 1.807) is 4.90 Å². The molecule has 1 N–H and O–H groups in total. The third-order valence-corrected chi connectivity index (χ3v) is 4.39. The second-order valence-corrected chi connectivity index (χ2v) is 6.68. The summed E-state index contributed by atoms with van der Waals surface area (Å²) in [6.45, 7) is 11.8. The minimum atomic E-state index is -0.561. The zero-order valence-electron chi connectivity index (χ0n) is 15.7. The van der Waals surface area contributed by atoms with Gasteiger partial charge in [0.15, 0.2) is 0 Å². The first kappa shape index (κ1) is 19.5. The molecule has 25 heavy (non-hydrogen) atoms. The van der Waals surface area contributed by atoms with Crippen LogP contribution in [-0.2, 0) is 4.74 Å². The summed E-state index contributed by atoms with van der Waals surface area (Å²) in [5.41, 5.74) is 3.39. The molecule has 0 unspecified atom stereocenters. The van der Waals surface area contributed by atoms with Gasteiger partial charge in [0.25, 0.3) is 0 Å². The molecule has 0 aliphatic carbocycles. The van der Waals surface area contributed by atoms with Crippen molar-refractivity contribution in [1.82, 2.24) is 9.80 Å². The van der Waals surface area contributed by atoms with E-state index in [0.29, 0.717) is 26.2 Å². The fraction of sp³-hybridized carbons (Fsp3) is 0.632. The van der Waals surface area contributed by atoms with E-state index in [9.17, 15) is 9.90 Å². The van der Waals surface area contributed by atoms with E-state index in [4.69, 9.17) is 9.47 Å². The van der Waals surface area contributed by atoms with Gasteiger partial charge in [-0.3, -0.25) is 4.90 Å². The Morgan fingerprint density at radius 2 is 1.76 bits per heavy atom. The minimum Gasteiger partial charge on any atom is -0.490 e. The van der Waals surface area contributed by atoms with Crippen LogP contribution in [0.3, 0.4) is 0 Å². The molecule has 0 saturated carbocycles. The molecule has 1 saturated heterocycles. The number of benzene rings is 1. The molecule has 1 aromatic carbocycles. The predicted octanol–water partition coefficient (Wildman–Crippen LogP) is 2.13. The van der Waals surface area contributed by atoms with Crippen LogP contribution in [0.1, 0.15) is 23.6 Å². The van der Waals surface area contributed by atoms with Crippen molar-refractivity contribution in [2.75, 3.05) is 45.9 Å². The van der Waals surface area contributed by atoms with E-state index in [2.05, 4.69) is 24.0 Å². The number of hydrogen-bond acceptors (Lipinski definition) is 5. The highest BCUT2D eigenvalue weighted by atomic mass is 16.6. The van der Waals surface area contributed by atoms with E-state index in [-0.39, 0.29) is 12.7 Å². The fourth-order valence-electron chi connectivity index (χ4n) is 3.25. The lowest BCUT2D eigenvalue weighted by Crippen LogP contribution is -2.51. The van der Waals surface area contributed by atoms with Gasteiger partial charge < -0.3 is 19.5 Å². The van der Waals surface area contributed by atoms with Crippen molar-refractivity contribution >= 4 is 6.09 Å². The number of β-amino-alcohol motifs (C(OH)–C–C–N with tert-alkyl or cyclic N) is 1. The van der Waals surface area contributed by atoms with Gasteiger partial charge in [0.2, 0.25) is 0 Å². The monoisotopic (exact) mass is 350 g/mol. The Labute approximate surface area is 150 Å². The van der Waals surface area contributed by atoms with Crippen molar-refractivity contribution < 1.29 is 19.4 Å². The molecule has 1 atom stereocenters. The van der Waals surface area contributed by atoms with Crippen LogP contribution in [0.25, 0.3) is 0 Å². The zero-order valence-corrected chi connectivity index (χ0v) is 15.7. The summed E-state index contributed by atoms with van der Waals surface area (Å²) in [6.07, 6.45) is -0.814.